The normalized spacial score (nSPS) is 16.1. The number of aromatic hydroxyl groups is 2. The summed E-state index contributed by atoms with van der Waals surface area (Å²) in [7, 11) is 1.58. The van der Waals surface area contributed by atoms with Gasteiger partial charge in [-0.15, -0.1) is 11.3 Å². The van der Waals surface area contributed by atoms with E-state index in [4.69, 9.17) is 18.9 Å². The minimum Gasteiger partial charge on any atom is -0.504 e. The predicted molar refractivity (Wildman–Crippen MR) is 262 cm³/mol. The molecule has 3 unspecified atom stereocenters. The zero-order chi connectivity index (χ0) is 49.4. The number of ether oxygens (including phenoxy) is 4. The molecule has 1 aromatic heterocycles. The van der Waals surface area contributed by atoms with Crippen molar-refractivity contribution in [1.29, 1.82) is 0 Å². The van der Waals surface area contributed by atoms with Crippen LogP contribution in [0.4, 0.5) is 5.13 Å². The number of carboxylic acid groups (broad SMARTS) is 2. The van der Waals surface area contributed by atoms with Gasteiger partial charge in [0.05, 0.1) is 23.4 Å². The first kappa shape index (κ1) is 47.6. The van der Waals surface area contributed by atoms with Gasteiger partial charge in [0, 0.05) is 62.7 Å². The lowest BCUT2D eigenvalue weighted by Crippen LogP contribution is -2.38. The van der Waals surface area contributed by atoms with Crippen LogP contribution in [0.5, 0.6) is 51.7 Å². The molecule has 10 rings (SSSR count). The fourth-order valence-electron chi connectivity index (χ4n) is 9.31. The Morgan fingerprint density at radius 3 is 1.32 bits per heavy atom. The molecular formula is C55H52N2O11S. The van der Waals surface area contributed by atoms with Gasteiger partial charge >= 0.3 is 11.9 Å². The third kappa shape index (κ3) is 8.79. The zero-order valence-electron chi connectivity index (χ0n) is 39.0. The number of anilines is 1. The zero-order valence-corrected chi connectivity index (χ0v) is 39.8. The maximum atomic E-state index is 13.1. The molecule has 0 radical (unpaired) electrons. The van der Waals surface area contributed by atoms with Crippen molar-refractivity contribution < 1.29 is 53.8 Å². The highest BCUT2D eigenvalue weighted by Crippen LogP contribution is 2.57. The second-order valence-electron chi connectivity index (χ2n) is 18.6. The number of fused-ring (bicyclic) bond motifs is 6. The van der Waals surface area contributed by atoms with Crippen LogP contribution in [-0.4, -0.2) is 50.4 Å². The summed E-state index contributed by atoms with van der Waals surface area (Å²) in [5.41, 5.74) is 2.16. The van der Waals surface area contributed by atoms with Crippen molar-refractivity contribution in [2.45, 2.75) is 59.3 Å². The van der Waals surface area contributed by atoms with Crippen LogP contribution >= 0.6 is 11.3 Å². The van der Waals surface area contributed by atoms with Crippen LogP contribution < -0.4 is 24.3 Å². The largest absolute Gasteiger partial charge is 0.504 e. The van der Waals surface area contributed by atoms with Gasteiger partial charge in [0.1, 0.15) is 17.2 Å². The van der Waals surface area contributed by atoms with Gasteiger partial charge < -0.3 is 44.7 Å². The summed E-state index contributed by atoms with van der Waals surface area (Å²) >= 11 is 1.38. The van der Waals surface area contributed by atoms with Crippen molar-refractivity contribution >= 4 is 34.3 Å². The van der Waals surface area contributed by atoms with Crippen molar-refractivity contribution in [1.82, 2.24) is 4.98 Å². The summed E-state index contributed by atoms with van der Waals surface area (Å²) in [6, 6.07) is 38.4. The van der Waals surface area contributed by atoms with Crippen molar-refractivity contribution in [3.63, 3.8) is 0 Å². The van der Waals surface area contributed by atoms with E-state index in [9.17, 15) is 34.8 Å². The van der Waals surface area contributed by atoms with E-state index in [1.807, 2.05) is 110 Å². The van der Waals surface area contributed by atoms with E-state index in [2.05, 4.69) is 10.3 Å². The Labute approximate surface area is 403 Å². The number of amides is 1. The lowest BCUT2D eigenvalue weighted by atomic mass is 9.69. The third-order valence-corrected chi connectivity index (χ3v) is 13.7. The molecule has 3 aliphatic heterocycles. The molecule has 7 aromatic rings. The summed E-state index contributed by atoms with van der Waals surface area (Å²) in [5, 5.41) is 44.9. The summed E-state index contributed by atoms with van der Waals surface area (Å²) in [6.07, 6.45) is 1.66. The predicted octanol–water partition coefficient (Wildman–Crippen LogP) is 12.5. The van der Waals surface area contributed by atoms with Crippen LogP contribution in [0.3, 0.4) is 0 Å². The summed E-state index contributed by atoms with van der Waals surface area (Å²) in [4.78, 5) is 40.8. The molecule has 3 aliphatic rings. The van der Waals surface area contributed by atoms with Gasteiger partial charge in [-0.05, 0) is 64.1 Å². The highest BCUT2D eigenvalue weighted by Gasteiger charge is 2.47. The van der Waals surface area contributed by atoms with E-state index in [1.165, 1.54) is 17.4 Å². The molecule has 14 heteroatoms. The van der Waals surface area contributed by atoms with E-state index < -0.39 is 28.2 Å². The molecular weight excluding hydrogens is 897 g/mol. The Bertz CT molecular complexity index is 3070. The number of hydrogen-bond donors (Lipinski definition) is 5. The third-order valence-electron chi connectivity index (χ3n) is 13.0. The number of methoxy groups -OCH3 is 1. The van der Waals surface area contributed by atoms with Gasteiger partial charge in [-0.3, -0.25) is 14.4 Å². The summed E-state index contributed by atoms with van der Waals surface area (Å²) in [6.45, 7) is 10.7. The molecule has 69 heavy (non-hydrogen) atoms. The molecule has 354 valence electrons. The number of thiazole rings is 1. The summed E-state index contributed by atoms with van der Waals surface area (Å²) in [5.74, 6) is 1.14. The second-order valence-corrected chi connectivity index (χ2v) is 19.4. The van der Waals surface area contributed by atoms with E-state index >= 15 is 0 Å². The highest BCUT2D eigenvalue weighted by molar-refractivity contribution is 7.13. The molecule has 0 saturated carbocycles. The number of phenolic OH excluding ortho intramolecular Hbond substituents is 2. The van der Waals surface area contributed by atoms with Gasteiger partial charge in [-0.25, -0.2) is 4.98 Å². The van der Waals surface area contributed by atoms with Crippen LogP contribution in [0.1, 0.15) is 92.7 Å². The molecule has 13 nitrogen and oxygen atoms in total. The number of aliphatic carboxylic acids is 2. The number of benzene rings is 6. The Hall–Kier alpha value is -7.84. The average molecular weight is 949 g/mol. The molecule has 5 N–H and O–H groups in total. The minimum atomic E-state index is -1.03. The molecule has 0 aliphatic carbocycles. The molecule has 0 fully saturated rings. The van der Waals surface area contributed by atoms with Crippen LogP contribution in [0.15, 0.2) is 139 Å². The first-order valence-electron chi connectivity index (χ1n) is 22.2. The number of para-hydroxylation sites is 6. The van der Waals surface area contributed by atoms with Crippen LogP contribution in [0, 0.1) is 16.2 Å². The Balaban J connectivity index is 0.000000141. The molecule has 0 spiro atoms. The van der Waals surface area contributed by atoms with Gasteiger partial charge in [-0.1, -0.05) is 105 Å². The highest BCUT2D eigenvalue weighted by atomic mass is 32.1. The van der Waals surface area contributed by atoms with Crippen molar-refractivity contribution in [3.8, 4) is 51.7 Å². The van der Waals surface area contributed by atoms with Crippen molar-refractivity contribution in [3.05, 3.63) is 172 Å². The quantitative estimate of drug-likeness (QED) is 0.0969. The number of nitrogens with zero attached hydrogens (tertiary/aromatic N) is 1. The molecule has 0 saturated heterocycles. The van der Waals surface area contributed by atoms with Crippen LogP contribution in [0.2, 0.25) is 0 Å². The molecule has 4 heterocycles. The van der Waals surface area contributed by atoms with Crippen LogP contribution in [-0.2, 0) is 14.4 Å². The van der Waals surface area contributed by atoms with E-state index in [-0.39, 0.29) is 35.2 Å². The number of carbonyl (C=O) groups is 3. The summed E-state index contributed by atoms with van der Waals surface area (Å²) < 4.78 is 23.1. The van der Waals surface area contributed by atoms with E-state index in [0.29, 0.717) is 50.9 Å². The fourth-order valence-corrected chi connectivity index (χ4v) is 9.84. The van der Waals surface area contributed by atoms with Crippen molar-refractivity contribution in [2.24, 2.45) is 16.2 Å². The first-order valence-corrected chi connectivity index (χ1v) is 23.0. The average Bonchev–Trinajstić information content (AvgIpc) is 3.85. The minimum absolute atomic E-state index is 0.0215. The topological polar surface area (TPSA) is 194 Å². The second kappa shape index (κ2) is 18.7. The smallest absolute Gasteiger partial charge is 0.310 e. The molecule has 6 aromatic carbocycles. The number of nitrogens with one attached hydrogen (secondary N) is 1. The maximum absolute atomic E-state index is 13.1. The maximum Gasteiger partial charge on any atom is 0.310 e. The Morgan fingerprint density at radius 2 is 0.913 bits per heavy atom. The number of rotatable bonds is 8. The van der Waals surface area contributed by atoms with Gasteiger partial charge in [-0.2, -0.15) is 0 Å². The molecule has 0 bridgehead atoms. The number of aromatic nitrogens is 1. The lowest BCUT2D eigenvalue weighted by molar-refractivity contribution is -0.148. The van der Waals surface area contributed by atoms with Gasteiger partial charge in [0.15, 0.2) is 39.6 Å². The van der Waals surface area contributed by atoms with Crippen LogP contribution in [0.25, 0.3) is 0 Å². The first-order chi connectivity index (χ1) is 32.9. The standard InChI is InChI=1S/C20H18N2O3S.C18H18O4.C17H16O4/c1-20(2,18(24)22-19-21-10-11-26-19)16-12-6-3-4-9-15(12)25-17-13(16)7-5-8-14(17)23;1-18(2,17(19)20)15-11-7-4-5-9-13(11)22-16-12(15)8-6-10-14(16)21-3;1-17(2,16(19)20)14-10-6-3-4-9-13(10)21-15-11(14)7-5-8-12(15)18/h3-11,16,23H,1-2H3,(H,21,22,24);4-10,15H,1-3H3,(H,19,20);3-9,14,18H,1-2H3,(H,19,20). The SMILES string of the molecule is CC(C)(C(=O)Nc1nccs1)C1c2ccccc2Oc2c(O)cccc21.CC(C)(C(=O)O)C1c2ccccc2Oc2c(O)cccc21.COc1cccc2c1Oc1ccccc1C2C(C)(C)C(=O)O. The monoisotopic (exact) mass is 948 g/mol. The van der Waals surface area contributed by atoms with Crippen molar-refractivity contribution in [2.75, 3.05) is 12.4 Å². The number of carbonyl (C=O) groups excluding carboxylic acids is 1. The van der Waals surface area contributed by atoms with E-state index in [1.54, 1.807) is 71.3 Å². The van der Waals surface area contributed by atoms with Gasteiger partial charge in [0.25, 0.3) is 0 Å². The number of phenols is 2. The Morgan fingerprint density at radius 1 is 0.536 bits per heavy atom. The number of carboxylic acids is 2. The molecule has 1 amide bonds. The Kier molecular flexibility index (Phi) is 12.9. The van der Waals surface area contributed by atoms with Gasteiger partial charge in [0.2, 0.25) is 5.91 Å². The fraction of sp³-hybridized carbons (Fsp3) is 0.236. The van der Waals surface area contributed by atoms with E-state index in [0.717, 1.165) is 27.8 Å². The lowest BCUT2D eigenvalue weighted by Gasteiger charge is -2.38. The number of hydrogen-bond acceptors (Lipinski definition) is 11. The molecule has 3 atom stereocenters.